The van der Waals surface area contributed by atoms with Crippen molar-refractivity contribution in [2.24, 2.45) is 0 Å². The van der Waals surface area contributed by atoms with E-state index < -0.39 is 34.1 Å². The first-order valence-electron chi connectivity index (χ1n) is 5.93. The number of ether oxygens (including phenoxy) is 1. The molecule has 0 radical (unpaired) electrons. The molecule has 1 aromatic rings. The van der Waals surface area contributed by atoms with Crippen LogP contribution in [0.1, 0.15) is 0 Å². The molecule has 0 fully saturated rings. The Balaban J connectivity index is 2.71. The summed E-state index contributed by atoms with van der Waals surface area (Å²) in [4.78, 5) is 11.8. The van der Waals surface area contributed by atoms with Gasteiger partial charge in [-0.25, -0.2) is 17.2 Å². The number of carbonyl (C=O) groups is 1. The summed E-state index contributed by atoms with van der Waals surface area (Å²) in [5.41, 5.74) is 0.0408. The maximum atomic E-state index is 13.0. The van der Waals surface area contributed by atoms with Crippen molar-refractivity contribution in [3.63, 3.8) is 0 Å². The number of sulfonamides is 1. The molecule has 1 aromatic carbocycles. The number of carbonyl (C=O) groups excluding carboxylic acids is 1. The second-order valence-electron chi connectivity index (χ2n) is 4.27. The molecule has 118 valence electrons. The molecular weight excluding hydrogens is 306 g/mol. The summed E-state index contributed by atoms with van der Waals surface area (Å²) in [5, 5.41) is 2.30. The van der Waals surface area contributed by atoms with E-state index in [-0.39, 0.29) is 18.8 Å². The van der Waals surface area contributed by atoms with Crippen LogP contribution < -0.4 is 5.32 Å². The fourth-order valence-corrected chi connectivity index (χ4v) is 2.25. The van der Waals surface area contributed by atoms with Crippen LogP contribution >= 0.6 is 0 Å². The lowest BCUT2D eigenvalue weighted by Gasteiger charge is -2.18. The Morgan fingerprint density at radius 1 is 1.33 bits per heavy atom. The molecule has 1 rings (SSSR count). The lowest BCUT2D eigenvalue weighted by Crippen LogP contribution is -2.39. The summed E-state index contributed by atoms with van der Waals surface area (Å²) in [6.45, 7) is -0.298. The SMILES string of the molecule is COCCN(CC(=O)Nc1ccc(F)c(F)c1)S(C)(=O)=O. The molecule has 0 saturated carbocycles. The van der Waals surface area contributed by atoms with Crippen LogP contribution in [0.4, 0.5) is 14.5 Å². The van der Waals surface area contributed by atoms with Crippen molar-refractivity contribution >= 4 is 21.6 Å². The highest BCUT2D eigenvalue weighted by molar-refractivity contribution is 7.88. The number of benzene rings is 1. The van der Waals surface area contributed by atoms with E-state index in [1.165, 1.54) is 13.2 Å². The van der Waals surface area contributed by atoms with Gasteiger partial charge < -0.3 is 10.1 Å². The minimum absolute atomic E-state index is 0.0144. The highest BCUT2D eigenvalue weighted by atomic mass is 32.2. The number of methoxy groups -OCH3 is 1. The van der Waals surface area contributed by atoms with Crippen LogP contribution in [0.5, 0.6) is 0 Å². The molecule has 0 aliphatic rings. The summed E-state index contributed by atoms with van der Waals surface area (Å²) in [6, 6.07) is 2.85. The van der Waals surface area contributed by atoms with E-state index in [0.717, 1.165) is 22.7 Å². The Labute approximate surface area is 121 Å². The summed E-state index contributed by atoms with van der Waals surface area (Å²) < 4.78 is 54.5. The molecule has 9 heteroatoms. The van der Waals surface area contributed by atoms with Crippen molar-refractivity contribution in [2.45, 2.75) is 0 Å². The van der Waals surface area contributed by atoms with Gasteiger partial charge in [0, 0.05) is 25.4 Å². The Bertz CT molecular complexity index is 607. The second kappa shape index (κ2) is 7.43. The lowest BCUT2D eigenvalue weighted by molar-refractivity contribution is -0.116. The minimum Gasteiger partial charge on any atom is -0.383 e. The summed E-state index contributed by atoms with van der Waals surface area (Å²) >= 11 is 0. The van der Waals surface area contributed by atoms with E-state index in [2.05, 4.69) is 5.32 Å². The van der Waals surface area contributed by atoms with Crippen molar-refractivity contribution in [3.8, 4) is 0 Å². The van der Waals surface area contributed by atoms with E-state index in [4.69, 9.17) is 4.74 Å². The predicted octanol–water partition coefficient (Wildman–Crippen LogP) is 0.811. The maximum Gasteiger partial charge on any atom is 0.239 e. The Hall–Kier alpha value is -1.58. The molecule has 0 heterocycles. The summed E-state index contributed by atoms with van der Waals surface area (Å²) in [6.07, 6.45) is 0.966. The zero-order valence-electron chi connectivity index (χ0n) is 11.6. The zero-order valence-corrected chi connectivity index (χ0v) is 12.4. The molecule has 0 saturated heterocycles. The molecule has 0 aromatic heterocycles. The number of hydrogen-bond acceptors (Lipinski definition) is 4. The van der Waals surface area contributed by atoms with Crippen LogP contribution in [0.25, 0.3) is 0 Å². The van der Waals surface area contributed by atoms with Crippen molar-refractivity contribution < 1.29 is 26.7 Å². The normalized spacial score (nSPS) is 11.7. The van der Waals surface area contributed by atoms with Crippen molar-refractivity contribution in [1.29, 1.82) is 0 Å². The van der Waals surface area contributed by atoms with Gasteiger partial charge in [0.1, 0.15) is 0 Å². The van der Waals surface area contributed by atoms with E-state index in [1.54, 1.807) is 0 Å². The average molecular weight is 322 g/mol. The fourth-order valence-electron chi connectivity index (χ4n) is 1.49. The van der Waals surface area contributed by atoms with E-state index >= 15 is 0 Å². The van der Waals surface area contributed by atoms with Crippen molar-refractivity contribution in [1.82, 2.24) is 4.31 Å². The highest BCUT2D eigenvalue weighted by Gasteiger charge is 2.20. The maximum absolute atomic E-state index is 13.0. The molecule has 0 bridgehead atoms. The van der Waals surface area contributed by atoms with Crippen LogP contribution in [0.15, 0.2) is 18.2 Å². The van der Waals surface area contributed by atoms with E-state index in [1.807, 2.05) is 0 Å². The molecule has 0 aliphatic carbocycles. The molecule has 0 atom stereocenters. The van der Waals surface area contributed by atoms with Gasteiger partial charge in [-0.3, -0.25) is 4.79 Å². The van der Waals surface area contributed by atoms with Crippen molar-refractivity contribution in [3.05, 3.63) is 29.8 Å². The number of rotatable bonds is 7. The third-order valence-electron chi connectivity index (χ3n) is 2.54. The van der Waals surface area contributed by atoms with Crippen LogP contribution in [0, 0.1) is 11.6 Å². The Morgan fingerprint density at radius 3 is 2.52 bits per heavy atom. The van der Waals surface area contributed by atoms with Gasteiger partial charge in [0.05, 0.1) is 19.4 Å². The first-order valence-corrected chi connectivity index (χ1v) is 7.78. The molecule has 21 heavy (non-hydrogen) atoms. The lowest BCUT2D eigenvalue weighted by atomic mass is 10.3. The molecule has 6 nitrogen and oxygen atoms in total. The quantitative estimate of drug-likeness (QED) is 0.806. The monoisotopic (exact) mass is 322 g/mol. The van der Waals surface area contributed by atoms with Crippen LogP contribution in [-0.4, -0.2) is 51.7 Å². The standard InChI is InChI=1S/C12H16F2N2O4S/c1-20-6-5-16(21(2,18)19)8-12(17)15-9-3-4-10(13)11(14)7-9/h3-4,7H,5-6,8H2,1-2H3,(H,15,17). The van der Waals surface area contributed by atoms with E-state index in [9.17, 15) is 22.0 Å². The largest absolute Gasteiger partial charge is 0.383 e. The van der Waals surface area contributed by atoms with Gasteiger partial charge >= 0.3 is 0 Å². The van der Waals surface area contributed by atoms with Crippen LogP contribution in [0.2, 0.25) is 0 Å². The number of hydrogen-bond donors (Lipinski definition) is 1. The van der Waals surface area contributed by atoms with Gasteiger partial charge in [0.15, 0.2) is 11.6 Å². The number of nitrogens with one attached hydrogen (secondary N) is 1. The summed E-state index contributed by atoms with van der Waals surface area (Å²) in [7, 11) is -2.18. The number of anilines is 1. The van der Waals surface area contributed by atoms with Gasteiger partial charge in [-0.05, 0) is 12.1 Å². The Kier molecular flexibility index (Phi) is 6.19. The third kappa shape index (κ3) is 5.74. The third-order valence-corrected chi connectivity index (χ3v) is 3.79. The second-order valence-corrected chi connectivity index (χ2v) is 6.25. The van der Waals surface area contributed by atoms with Crippen LogP contribution in [-0.2, 0) is 19.6 Å². The molecule has 0 aliphatic heterocycles. The van der Waals surface area contributed by atoms with Gasteiger partial charge in [0.25, 0.3) is 0 Å². The molecular formula is C12H16F2N2O4S. The van der Waals surface area contributed by atoms with Gasteiger partial charge in [-0.1, -0.05) is 0 Å². The first-order chi connectivity index (χ1) is 9.74. The highest BCUT2D eigenvalue weighted by Crippen LogP contribution is 2.13. The van der Waals surface area contributed by atoms with Gasteiger partial charge in [-0.15, -0.1) is 0 Å². The first kappa shape index (κ1) is 17.5. The summed E-state index contributed by atoms with van der Waals surface area (Å²) in [5.74, 6) is -2.81. The predicted molar refractivity (Wildman–Crippen MR) is 73.3 cm³/mol. The molecule has 0 unspecified atom stereocenters. The van der Waals surface area contributed by atoms with Gasteiger partial charge in [0.2, 0.25) is 15.9 Å². The number of nitrogens with zero attached hydrogens (tertiary/aromatic N) is 1. The number of amides is 1. The molecule has 1 amide bonds. The van der Waals surface area contributed by atoms with Crippen LogP contribution in [0.3, 0.4) is 0 Å². The molecule has 0 spiro atoms. The zero-order chi connectivity index (χ0) is 16.0. The average Bonchev–Trinajstić information content (AvgIpc) is 2.37. The van der Waals surface area contributed by atoms with Gasteiger partial charge in [-0.2, -0.15) is 4.31 Å². The molecule has 1 N–H and O–H groups in total. The topological polar surface area (TPSA) is 75.7 Å². The fraction of sp³-hybridized carbons (Fsp3) is 0.417. The smallest absolute Gasteiger partial charge is 0.239 e. The van der Waals surface area contributed by atoms with Crippen molar-refractivity contribution in [2.75, 3.05) is 38.4 Å². The minimum atomic E-state index is -3.58. The Morgan fingerprint density at radius 2 is 2.00 bits per heavy atom. The number of halogens is 2. The van der Waals surface area contributed by atoms with E-state index in [0.29, 0.717) is 0 Å².